The molecular formula is C14H17F3N2O3. The molecule has 0 atom stereocenters. The largest absolute Gasteiger partial charge is 0.484 e. The number of carbonyl (C=O) groups excluding carboxylic acids is 2. The van der Waals surface area contributed by atoms with Gasteiger partial charge < -0.3 is 10.1 Å². The van der Waals surface area contributed by atoms with Gasteiger partial charge in [-0.3, -0.25) is 10.1 Å². The highest BCUT2D eigenvalue weighted by Crippen LogP contribution is 2.30. The Morgan fingerprint density at radius 2 is 1.77 bits per heavy atom. The summed E-state index contributed by atoms with van der Waals surface area (Å²) < 4.78 is 42.1. The highest BCUT2D eigenvalue weighted by molar-refractivity contribution is 5.94. The van der Waals surface area contributed by atoms with Gasteiger partial charge in [0.15, 0.2) is 6.61 Å². The Balaban J connectivity index is 2.39. The van der Waals surface area contributed by atoms with Crippen molar-refractivity contribution in [1.29, 1.82) is 0 Å². The van der Waals surface area contributed by atoms with Crippen LogP contribution in [0.2, 0.25) is 0 Å². The minimum atomic E-state index is -4.43. The fraction of sp³-hybridized carbons (Fsp3) is 0.429. The van der Waals surface area contributed by atoms with E-state index in [-0.39, 0.29) is 11.7 Å². The molecule has 1 rings (SSSR count). The van der Waals surface area contributed by atoms with E-state index in [4.69, 9.17) is 4.74 Å². The maximum Gasteiger partial charge on any atom is 0.416 e. The van der Waals surface area contributed by atoms with E-state index in [9.17, 15) is 22.8 Å². The third kappa shape index (κ3) is 6.47. The van der Waals surface area contributed by atoms with Gasteiger partial charge in [-0.1, -0.05) is 13.8 Å². The Morgan fingerprint density at radius 3 is 2.27 bits per heavy atom. The van der Waals surface area contributed by atoms with E-state index in [0.717, 1.165) is 24.3 Å². The molecule has 22 heavy (non-hydrogen) atoms. The molecule has 0 bridgehead atoms. The van der Waals surface area contributed by atoms with Crippen LogP contribution < -0.4 is 15.4 Å². The highest BCUT2D eigenvalue weighted by atomic mass is 19.4. The zero-order valence-electron chi connectivity index (χ0n) is 12.2. The van der Waals surface area contributed by atoms with Crippen molar-refractivity contribution >= 4 is 11.9 Å². The van der Waals surface area contributed by atoms with Gasteiger partial charge in [0.1, 0.15) is 5.75 Å². The van der Waals surface area contributed by atoms with Crippen LogP contribution in [0.3, 0.4) is 0 Å². The van der Waals surface area contributed by atoms with E-state index >= 15 is 0 Å². The van der Waals surface area contributed by atoms with Crippen LogP contribution in [0.5, 0.6) is 5.75 Å². The van der Waals surface area contributed by atoms with Gasteiger partial charge in [-0.2, -0.15) is 13.2 Å². The number of hydrogen-bond acceptors (Lipinski definition) is 3. The third-order valence-corrected chi connectivity index (χ3v) is 2.48. The van der Waals surface area contributed by atoms with Gasteiger partial charge >= 0.3 is 12.2 Å². The van der Waals surface area contributed by atoms with Crippen LogP contribution in [0.1, 0.15) is 19.4 Å². The zero-order valence-corrected chi connectivity index (χ0v) is 12.2. The lowest BCUT2D eigenvalue weighted by Gasteiger charge is -2.10. The van der Waals surface area contributed by atoms with Crippen LogP contribution in [-0.2, 0) is 11.0 Å². The average molecular weight is 318 g/mol. The van der Waals surface area contributed by atoms with Crippen molar-refractivity contribution in [3.8, 4) is 5.75 Å². The number of imide groups is 1. The van der Waals surface area contributed by atoms with Gasteiger partial charge in [0.05, 0.1) is 5.56 Å². The summed E-state index contributed by atoms with van der Waals surface area (Å²) >= 11 is 0. The van der Waals surface area contributed by atoms with Crippen LogP contribution in [0.4, 0.5) is 18.0 Å². The van der Waals surface area contributed by atoms with E-state index < -0.39 is 30.3 Å². The Morgan fingerprint density at radius 1 is 1.18 bits per heavy atom. The predicted molar refractivity (Wildman–Crippen MR) is 73.3 cm³/mol. The SMILES string of the molecule is CC(C)CNC(=O)NC(=O)COc1ccc(C(F)(F)F)cc1. The molecule has 0 aliphatic heterocycles. The Kier molecular flexibility index (Phi) is 6.21. The molecule has 1 aromatic rings. The van der Waals surface area contributed by atoms with Gasteiger partial charge in [0.25, 0.3) is 5.91 Å². The molecule has 0 aromatic heterocycles. The maximum atomic E-state index is 12.4. The molecule has 0 aliphatic rings. The van der Waals surface area contributed by atoms with Crippen LogP contribution in [-0.4, -0.2) is 25.1 Å². The highest BCUT2D eigenvalue weighted by Gasteiger charge is 2.30. The first-order valence-electron chi connectivity index (χ1n) is 6.56. The number of carbonyl (C=O) groups is 2. The molecule has 0 spiro atoms. The molecule has 0 aliphatic carbocycles. The summed E-state index contributed by atoms with van der Waals surface area (Å²) in [6, 6.07) is 3.27. The molecular weight excluding hydrogens is 301 g/mol. The number of hydrogen-bond donors (Lipinski definition) is 2. The summed E-state index contributed by atoms with van der Waals surface area (Å²) in [6.45, 7) is 3.74. The van der Waals surface area contributed by atoms with Crippen LogP contribution in [0.15, 0.2) is 24.3 Å². The summed E-state index contributed by atoms with van der Waals surface area (Å²) in [5.74, 6) is -0.351. The average Bonchev–Trinajstić information content (AvgIpc) is 2.42. The molecule has 2 N–H and O–H groups in total. The molecule has 0 saturated heterocycles. The topological polar surface area (TPSA) is 67.4 Å². The number of urea groups is 1. The van der Waals surface area contributed by atoms with E-state index in [1.165, 1.54) is 0 Å². The second-order valence-electron chi connectivity index (χ2n) is 4.96. The monoisotopic (exact) mass is 318 g/mol. The zero-order chi connectivity index (χ0) is 16.8. The summed E-state index contributed by atoms with van der Waals surface area (Å²) in [6.07, 6.45) is -4.43. The number of halogens is 3. The Bertz CT molecular complexity index is 513. The molecule has 5 nitrogen and oxygen atoms in total. The van der Waals surface area contributed by atoms with E-state index in [0.29, 0.717) is 6.54 Å². The Labute approximate surface area is 125 Å². The maximum absolute atomic E-state index is 12.4. The fourth-order valence-electron chi connectivity index (χ4n) is 1.39. The van der Waals surface area contributed by atoms with Gasteiger partial charge in [0.2, 0.25) is 0 Å². The predicted octanol–water partition coefficient (Wildman–Crippen LogP) is 2.57. The summed E-state index contributed by atoms with van der Waals surface area (Å²) in [5.41, 5.74) is -0.808. The molecule has 3 amide bonds. The van der Waals surface area contributed by atoms with E-state index in [2.05, 4.69) is 5.32 Å². The lowest BCUT2D eigenvalue weighted by molar-refractivity contribution is -0.137. The number of ether oxygens (including phenoxy) is 1. The molecule has 8 heteroatoms. The van der Waals surface area contributed by atoms with Crippen molar-refractivity contribution in [3.05, 3.63) is 29.8 Å². The number of nitrogens with one attached hydrogen (secondary N) is 2. The van der Waals surface area contributed by atoms with Crippen molar-refractivity contribution in [3.63, 3.8) is 0 Å². The lowest BCUT2D eigenvalue weighted by atomic mass is 10.2. The van der Waals surface area contributed by atoms with Crippen LogP contribution in [0, 0.1) is 5.92 Å². The number of benzene rings is 1. The number of rotatable bonds is 5. The first-order chi connectivity index (χ1) is 10.2. The summed E-state index contributed by atoms with van der Waals surface area (Å²) in [7, 11) is 0. The molecule has 0 radical (unpaired) electrons. The normalized spacial score (nSPS) is 11.2. The first kappa shape index (κ1) is 17.8. The molecule has 122 valence electrons. The summed E-state index contributed by atoms with van der Waals surface area (Å²) in [4.78, 5) is 22.7. The number of amides is 3. The molecule has 1 aromatic carbocycles. The second-order valence-corrected chi connectivity index (χ2v) is 4.96. The van der Waals surface area contributed by atoms with Crippen molar-refractivity contribution in [2.45, 2.75) is 20.0 Å². The molecule has 0 saturated carbocycles. The fourth-order valence-corrected chi connectivity index (χ4v) is 1.39. The first-order valence-corrected chi connectivity index (χ1v) is 6.56. The van der Waals surface area contributed by atoms with Crippen molar-refractivity contribution in [2.24, 2.45) is 5.92 Å². The smallest absolute Gasteiger partial charge is 0.416 e. The van der Waals surface area contributed by atoms with Gasteiger partial charge in [-0.25, -0.2) is 4.79 Å². The Hall–Kier alpha value is -2.25. The third-order valence-electron chi connectivity index (χ3n) is 2.48. The van der Waals surface area contributed by atoms with Crippen molar-refractivity contribution < 1.29 is 27.5 Å². The summed E-state index contributed by atoms with van der Waals surface area (Å²) in [5, 5.41) is 4.53. The lowest BCUT2D eigenvalue weighted by Crippen LogP contribution is -2.42. The number of alkyl halides is 3. The van der Waals surface area contributed by atoms with Crippen molar-refractivity contribution in [1.82, 2.24) is 10.6 Å². The second kappa shape index (κ2) is 7.67. The molecule has 0 unspecified atom stereocenters. The van der Waals surface area contributed by atoms with Crippen molar-refractivity contribution in [2.75, 3.05) is 13.2 Å². The van der Waals surface area contributed by atoms with Crippen LogP contribution in [0.25, 0.3) is 0 Å². The minimum absolute atomic E-state index is 0.103. The standard InChI is InChI=1S/C14H17F3N2O3/c1-9(2)7-18-13(21)19-12(20)8-22-11-5-3-10(4-6-11)14(15,16)17/h3-6,9H,7-8H2,1-2H3,(H2,18,19,20,21). The minimum Gasteiger partial charge on any atom is -0.484 e. The van der Waals surface area contributed by atoms with E-state index in [1.54, 1.807) is 0 Å². The van der Waals surface area contributed by atoms with Gasteiger partial charge in [-0.15, -0.1) is 0 Å². The van der Waals surface area contributed by atoms with E-state index in [1.807, 2.05) is 19.2 Å². The molecule has 0 fully saturated rings. The van der Waals surface area contributed by atoms with Crippen LogP contribution >= 0.6 is 0 Å². The molecule has 0 heterocycles. The van der Waals surface area contributed by atoms with Gasteiger partial charge in [-0.05, 0) is 30.2 Å². The van der Waals surface area contributed by atoms with Gasteiger partial charge in [0, 0.05) is 6.54 Å². The quantitative estimate of drug-likeness (QED) is 0.877.